The largest absolute Gasteiger partial charge is 0.333 e. The first-order chi connectivity index (χ1) is 10.7. The molecule has 0 amide bonds. The highest BCUT2D eigenvalue weighted by Gasteiger charge is 2.14. The van der Waals surface area contributed by atoms with Crippen LogP contribution in [0.15, 0.2) is 40.2 Å². The lowest BCUT2D eigenvalue weighted by molar-refractivity contribution is 0.409. The molecular weight excluding hydrogens is 308 g/mol. The van der Waals surface area contributed by atoms with Crippen LogP contribution in [-0.4, -0.2) is 10.1 Å². The predicted molar refractivity (Wildman–Crippen MR) is 77.5 cm³/mol. The summed E-state index contributed by atoms with van der Waals surface area (Å²) in [6, 6.07) is 8.61. The number of hydrogen-bond acceptors (Lipinski definition) is 5. The average Bonchev–Trinajstić information content (AvgIpc) is 3.17. The van der Waals surface area contributed by atoms with Crippen molar-refractivity contribution in [2.24, 2.45) is 0 Å². The number of allylic oxidation sites excluding steroid dienone is 1. The summed E-state index contributed by atoms with van der Waals surface area (Å²) >= 11 is 1.43. The molecule has 0 aliphatic rings. The van der Waals surface area contributed by atoms with E-state index >= 15 is 0 Å². The Morgan fingerprint density at radius 2 is 2.18 bits per heavy atom. The Balaban J connectivity index is 1.98. The summed E-state index contributed by atoms with van der Waals surface area (Å²) in [5, 5.41) is 14.8. The normalized spacial score (nSPS) is 11.4. The van der Waals surface area contributed by atoms with Crippen LogP contribution in [-0.2, 0) is 0 Å². The Morgan fingerprint density at radius 1 is 1.32 bits per heavy atom. The summed E-state index contributed by atoms with van der Waals surface area (Å²) in [5.41, 5.74) is 0.0645. The minimum absolute atomic E-state index is 0.000754. The molecule has 7 heteroatoms. The minimum atomic E-state index is -0.772. The SMILES string of the molecule is N#C/C(=C\c1ccc(F)cc1F)c1nc(-c2cccs2)no1. The Kier molecular flexibility index (Phi) is 3.76. The summed E-state index contributed by atoms with van der Waals surface area (Å²) in [6.45, 7) is 0. The van der Waals surface area contributed by atoms with Gasteiger partial charge in [-0.1, -0.05) is 11.2 Å². The van der Waals surface area contributed by atoms with E-state index in [0.29, 0.717) is 5.82 Å². The zero-order chi connectivity index (χ0) is 15.5. The summed E-state index contributed by atoms with van der Waals surface area (Å²) in [7, 11) is 0. The van der Waals surface area contributed by atoms with E-state index in [1.54, 1.807) is 0 Å². The molecule has 22 heavy (non-hydrogen) atoms. The van der Waals surface area contributed by atoms with Gasteiger partial charge in [-0.15, -0.1) is 11.3 Å². The molecule has 0 N–H and O–H groups in total. The van der Waals surface area contributed by atoms with Crippen LogP contribution in [0.1, 0.15) is 11.5 Å². The molecule has 2 aromatic heterocycles. The van der Waals surface area contributed by atoms with E-state index in [-0.39, 0.29) is 17.0 Å². The lowest BCUT2D eigenvalue weighted by Crippen LogP contribution is -1.87. The Hall–Kier alpha value is -2.85. The molecule has 3 rings (SSSR count). The number of benzene rings is 1. The van der Waals surface area contributed by atoms with Crippen molar-refractivity contribution in [2.75, 3.05) is 0 Å². The molecule has 0 spiro atoms. The summed E-state index contributed by atoms with van der Waals surface area (Å²) in [4.78, 5) is 4.90. The first kappa shape index (κ1) is 14.1. The van der Waals surface area contributed by atoms with Gasteiger partial charge in [-0.25, -0.2) is 8.78 Å². The molecule has 0 atom stereocenters. The zero-order valence-corrected chi connectivity index (χ0v) is 11.8. The molecule has 0 fully saturated rings. The van der Waals surface area contributed by atoms with Crippen LogP contribution in [0.25, 0.3) is 22.4 Å². The van der Waals surface area contributed by atoms with Crippen LogP contribution in [0.3, 0.4) is 0 Å². The van der Waals surface area contributed by atoms with Crippen molar-refractivity contribution in [3.8, 4) is 16.8 Å². The van der Waals surface area contributed by atoms with E-state index in [0.717, 1.165) is 17.0 Å². The number of nitrogens with zero attached hydrogens (tertiary/aromatic N) is 3. The van der Waals surface area contributed by atoms with E-state index in [1.807, 2.05) is 23.6 Å². The molecule has 0 unspecified atom stereocenters. The minimum Gasteiger partial charge on any atom is -0.333 e. The fourth-order valence-electron chi connectivity index (χ4n) is 1.75. The maximum absolute atomic E-state index is 13.6. The van der Waals surface area contributed by atoms with Gasteiger partial charge in [0.1, 0.15) is 23.3 Å². The van der Waals surface area contributed by atoms with Gasteiger partial charge in [0.25, 0.3) is 5.89 Å². The third kappa shape index (κ3) is 2.77. The second-order valence-electron chi connectivity index (χ2n) is 4.24. The first-order valence-corrected chi connectivity index (χ1v) is 7.00. The van der Waals surface area contributed by atoms with Gasteiger partial charge in [-0.3, -0.25) is 0 Å². The van der Waals surface area contributed by atoms with Crippen molar-refractivity contribution in [3.05, 3.63) is 58.8 Å². The van der Waals surface area contributed by atoms with Gasteiger partial charge in [0.05, 0.1) is 4.88 Å². The maximum atomic E-state index is 13.6. The monoisotopic (exact) mass is 315 g/mol. The van der Waals surface area contributed by atoms with E-state index in [1.165, 1.54) is 23.5 Å². The zero-order valence-electron chi connectivity index (χ0n) is 11.0. The molecule has 3 aromatic rings. The van der Waals surface area contributed by atoms with Crippen LogP contribution >= 0.6 is 11.3 Å². The summed E-state index contributed by atoms with van der Waals surface area (Å²) in [5.74, 6) is -1.13. The molecule has 0 aliphatic carbocycles. The van der Waals surface area contributed by atoms with Crippen molar-refractivity contribution in [3.63, 3.8) is 0 Å². The smallest absolute Gasteiger partial charge is 0.268 e. The summed E-state index contributed by atoms with van der Waals surface area (Å²) in [6.07, 6.45) is 1.24. The molecule has 0 saturated heterocycles. The highest BCUT2D eigenvalue weighted by molar-refractivity contribution is 7.13. The van der Waals surface area contributed by atoms with Gasteiger partial charge in [0, 0.05) is 11.6 Å². The second-order valence-corrected chi connectivity index (χ2v) is 5.18. The van der Waals surface area contributed by atoms with Gasteiger partial charge in [0.15, 0.2) is 0 Å². The lowest BCUT2D eigenvalue weighted by Gasteiger charge is -1.97. The molecule has 4 nitrogen and oxygen atoms in total. The quantitative estimate of drug-likeness (QED) is 0.681. The van der Waals surface area contributed by atoms with E-state index in [9.17, 15) is 14.0 Å². The molecular formula is C15H7F2N3OS. The van der Waals surface area contributed by atoms with Gasteiger partial charge >= 0.3 is 0 Å². The molecule has 0 aliphatic heterocycles. The molecule has 0 radical (unpaired) electrons. The number of rotatable bonds is 3. The van der Waals surface area contributed by atoms with Gasteiger partial charge in [0.2, 0.25) is 5.82 Å². The molecule has 2 heterocycles. The summed E-state index contributed by atoms with van der Waals surface area (Å²) < 4.78 is 31.6. The van der Waals surface area contributed by atoms with E-state index < -0.39 is 11.6 Å². The van der Waals surface area contributed by atoms with Crippen LogP contribution in [0.4, 0.5) is 8.78 Å². The topological polar surface area (TPSA) is 62.7 Å². The van der Waals surface area contributed by atoms with Gasteiger partial charge in [-0.2, -0.15) is 10.2 Å². The Morgan fingerprint density at radius 3 is 2.86 bits per heavy atom. The predicted octanol–water partition coefficient (Wildman–Crippen LogP) is 4.14. The maximum Gasteiger partial charge on any atom is 0.268 e. The van der Waals surface area contributed by atoms with Crippen LogP contribution in [0.5, 0.6) is 0 Å². The standard InChI is InChI=1S/C15H7F2N3OS/c16-11-4-3-9(12(17)7-11)6-10(8-18)15-19-14(20-21-15)13-2-1-5-22-13/h1-7H/b10-6+. The molecule has 0 saturated carbocycles. The Labute approximate surface area is 127 Å². The van der Waals surface area contributed by atoms with Crippen LogP contribution in [0, 0.1) is 23.0 Å². The highest BCUT2D eigenvalue weighted by atomic mass is 32.1. The number of nitriles is 1. The lowest BCUT2D eigenvalue weighted by atomic mass is 10.1. The Bertz CT molecular complexity index is 879. The van der Waals surface area contributed by atoms with E-state index in [4.69, 9.17) is 4.52 Å². The van der Waals surface area contributed by atoms with Crippen molar-refractivity contribution in [1.29, 1.82) is 5.26 Å². The van der Waals surface area contributed by atoms with Crippen LogP contribution in [0.2, 0.25) is 0 Å². The second kappa shape index (κ2) is 5.87. The van der Waals surface area contributed by atoms with Crippen LogP contribution < -0.4 is 0 Å². The fourth-order valence-corrected chi connectivity index (χ4v) is 2.40. The van der Waals surface area contributed by atoms with Crippen molar-refractivity contribution >= 4 is 23.0 Å². The highest BCUT2D eigenvalue weighted by Crippen LogP contribution is 2.24. The van der Waals surface area contributed by atoms with E-state index in [2.05, 4.69) is 10.1 Å². The van der Waals surface area contributed by atoms with Crippen molar-refractivity contribution in [2.45, 2.75) is 0 Å². The third-order valence-corrected chi connectivity index (χ3v) is 3.65. The van der Waals surface area contributed by atoms with Crippen molar-refractivity contribution in [1.82, 2.24) is 10.1 Å². The first-order valence-electron chi connectivity index (χ1n) is 6.12. The van der Waals surface area contributed by atoms with Crippen molar-refractivity contribution < 1.29 is 13.3 Å². The molecule has 108 valence electrons. The van der Waals surface area contributed by atoms with Gasteiger partial charge < -0.3 is 4.52 Å². The fraction of sp³-hybridized carbons (Fsp3) is 0. The number of thiophene rings is 1. The molecule has 1 aromatic carbocycles. The molecule has 0 bridgehead atoms. The number of aromatic nitrogens is 2. The number of halogens is 2. The third-order valence-electron chi connectivity index (χ3n) is 2.78. The van der Waals surface area contributed by atoms with Gasteiger partial charge in [-0.05, 0) is 29.7 Å². The number of hydrogen-bond donors (Lipinski definition) is 0. The average molecular weight is 315 g/mol.